The summed E-state index contributed by atoms with van der Waals surface area (Å²) in [5, 5.41) is 4.86. The summed E-state index contributed by atoms with van der Waals surface area (Å²) < 4.78 is 37.6. The molecule has 1 saturated carbocycles. The van der Waals surface area contributed by atoms with Crippen molar-refractivity contribution in [1.82, 2.24) is 5.32 Å². The topological polar surface area (TPSA) is 12.0 Å². The second kappa shape index (κ2) is 3.64. The van der Waals surface area contributed by atoms with Crippen LogP contribution >= 0.6 is 22.9 Å². The van der Waals surface area contributed by atoms with Gasteiger partial charge >= 0.3 is 6.18 Å². The van der Waals surface area contributed by atoms with E-state index in [2.05, 4.69) is 5.32 Å². The van der Waals surface area contributed by atoms with Crippen molar-refractivity contribution < 1.29 is 13.2 Å². The number of rotatable bonds is 3. The molecule has 2 rings (SSSR count). The lowest BCUT2D eigenvalue weighted by Gasteiger charge is -2.20. The van der Waals surface area contributed by atoms with Gasteiger partial charge in [0.15, 0.2) is 0 Å². The van der Waals surface area contributed by atoms with Gasteiger partial charge in [-0.25, -0.2) is 0 Å². The van der Waals surface area contributed by atoms with Gasteiger partial charge in [0.05, 0.1) is 5.02 Å². The van der Waals surface area contributed by atoms with Gasteiger partial charge in [0, 0.05) is 16.8 Å². The minimum absolute atomic E-state index is 0.176. The molecule has 1 fully saturated rings. The number of hydrogen-bond acceptors (Lipinski definition) is 2. The highest BCUT2D eigenvalue weighted by Gasteiger charge is 2.62. The van der Waals surface area contributed by atoms with Gasteiger partial charge in [-0.3, -0.25) is 5.32 Å². The van der Waals surface area contributed by atoms with Crippen LogP contribution in [0, 0.1) is 0 Å². The molecule has 0 saturated heterocycles. The molecule has 0 radical (unpaired) electrons. The predicted molar refractivity (Wildman–Crippen MR) is 54.2 cm³/mol. The average Bonchev–Trinajstić information content (AvgIpc) is 2.82. The lowest BCUT2D eigenvalue weighted by Crippen LogP contribution is -2.44. The number of halogens is 4. The summed E-state index contributed by atoms with van der Waals surface area (Å²) in [5.41, 5.74) is -1.64. The van der Waals surface area contributed by atoms with E-state index >= 15 is 0 Å². The van der Waals surface area contributed by atoms with Crippen molar-refractivity contribution in [1.29, 1.82) is 0 Å². The minimum Gasteiger partial charge on any atom is -0.299 e. The third-order valence-electron chi connectivity index (χ3n) is 2.52. The third-order valence-corrected chi connectivity index (χ3v) is 3.80. The van der Waals surface area contributed by atoms with Gasteiger partial charge < -0.3 is 0 Å². The van der Waals surface area contributed by atoms with Crippen LogP contribution in [0.25, 0.3) is 0 Å². The third kappa shape index (κ3) is 2.29. The molecule has 0 amide bonds. The first-order valence-electron chi connectivity index (χ1n) is 4.48. The Hall–Kier alpha value is -0.260. The maximum Gasteiger partial charge on any atom is 0.406 e. The predicted octanol–water partition coefficient (Wildman–Crippen LogP) is 3.59. The quantitative estimate of drug-likeness (QED) is 0.870. The van der Waals surface area contributed by atoms with E-state index in [-0.39, 0.29) is 19.4 Å². The van der Waals surface area contributed by atoms with Gasteiger partial charge in [0.25, 0.3) is 0 Å². The van der Waals surface area contributed by atoms with Crippen molar-refractivity contribution in [3.05, 3.63) is 21.3 Å². The summed E-state index contributed by atoms with van der Waals surface area (Å²) >= 11 is 7.04. The number of nitrogens with one attached hydrogen (secondary N) is 1. The van der Waals surface area contributed by atoms with Gasteiger partial charge in [-0.2, -0.15) is 13.2 Å². The number of thiophene rings is 1. The Morgan fingerprint density at radius 2 is 2.13 bits per heavy atom. The second-order valence-electron chi connectivity index (χ2n) is 3.66. The van der Waals surface area contributed by atoms with Crippen molar-refractivity contribution in [2.24, 2.45) is 0 Å². The minimum atomic E-state index is -4.14. The molecule has 1 aliphatic carbocycles. The smallest absolute Gasteiger partial charge is 0.299 e. The molecular weight excluding hydrogens is 247 g/mol. The summed E-state index contributed by atoms with van der Waals surface area (Å²) in [5.74, 6) is 0. The van der Waals surface area contributed by atoms with Gasteiger partial charge in [-0.05, 0) is 18.9 Å². The molecule has 0 bridgehead atoms. The highest BCUT2D eigenvalue weighted by molar-refractivity contribution is 7.10. The molecule has 1 N–H and O–H groups in total. The van der Waals surface area contributed by atoms with Crippen LogP contribution < -0.4 is 5.32 Å². The van der Waals surface area contributed by atoms with Crippen molar-refractivity contribution in [3.63, 3.8) is 0 Å². The van der Waals surface area contributed by atoms with E-state index in [0.717, 1.165) is 4.88 Å². The van der Waals surface area contributed by atoms with Gasteiger partial charge in [-0.15, -0.1) is 11.3 Å². The molecule has 0 atom stereocenters. The van der Waals surface area contributed by atoms with Crippen LogP contribution in [0.4, 0.5) is 13.2 Å². The van der Waals surface area contributed by atoms with Gasteiger partial charge in [0.1, 0.15) is 5.54 Å². The van der Waals surface area contributed by atoms with E-state index in [1.54, 1.807) is 11.4 Å². The van der Waals surface area contributed by atoms with E-state index in [0.29, 0.717) is 5.02 Å². The van der Waals surface area contributed by atoms with E-state index in [1.807, 2.05) is 0 Å². The lowest BCUT2D eigenvalue weighted by molar-refractivity contribution is -0.166. The zero-order valence-corrected chi connectivity index (χ0v) is 9.27. The number of alkyl halides is 3. The van der Waals surface area contributed by atoms with E-state index in [1.165, 1.54) is 11.3 Å². The Morgan fingerprint density at radius 1 is 1.47 bits per heavy atom. The van der Waals surface area contributed by atoms with Crippen LogP contribution in [0.2, 0.25) is 5.02 Å². The summed E-state index contributed by atoms with van der Waals surface area (Å²) in [6, 6.07) is 1.69. The molecule has 6 heteroatoms. The molecule has 84 valence electrons. The fourth-order valence-corrected chi connectivity index (χ4v) is 2.40. The Bertz CT molecular complexity index is 356. The van der Waals surface area contributed by atoms with Crippen molar-refractivity contribution in [2.45, 2.75) is 31.1 Å². The maximum atomic E-state index is 12.5. The summed E-state index contributed by atoms with van der Waals surface area (Å²) in [6.45, 7) is 0.233. The highest BCUT2D eigenvalue weighted by atomic mass is 35.5. The van der Waals surface area contributed by atoms with Crippen LogP contribution in [0.1, 0.15) is 17.7 Å². The first kappa shape index (κ1) is 11.2. The lowest BCUT2D eigenvalue weighted by atomic mass is 10.2. The summed E-state index contributed by atoms with van der Waals surface area (Å²) in [4.78, 5) is 0.829. The Morgan fingerprint density at radius 3 is 2.53 bits per heavy atom. The fraction of sp³-hybridized carbons (Fsp3) is 0.556. The van der Waals surface area contributed by atoms with Gasteiger partial charge in [0.2, 0.25) is 0 Å². The SMILES string of the molecule is FC(F)(F)C1(NCc2cc(Cl)cs2)CC1. The van der Waals surface area contributed by atoms with Crippen LogP contribution in [0.3, 0.4) is 0 Å². The zero-order chi connectivity index (χ0) is 11.1. The Balaban J connectivity index is 1.94. The average molecular weight is 256 g/mol. The normalized spacial score (nSPS) is 19.2. The summed E-state index contributed by atoms with van der Waals surface area (Å²) in [7, 11) is 0. The Kier molecular flexibility index (Phi) is 2.73. The molecule has 0 unspecified atom stereocenters. The van der Waals surface area contributed by atoms with Gasteiger partial charge in [-0.1, -0.05) is 11.6 Å². The molecular formula is C9H9ClF3NS. The molecule has 1 aliphatic rings. The van der Waals surface area contributed by atoms with Crippen molar-refractivity contribution >= 4 is 22.9 Å². The largest absolute Gasteiger partial charge is 0.406 e. The molecule has 15 heavy (non-hydrogen) atoms. The van der Waals surface area contributed by atoms with Crippen LogP contribution in [-0.2, 0) is 6.54 Å². The monoisotopic (exact) mass is 255 g/mol. The van der Waals surface area contributed by atoms with Crippen LogP contribution in [0.5, 0.6) is 0 Å². The van der Waals surface area contributed by atoms with Crippen LogP contribution in [0.15, 0.2) is 11.4 Å². The molecule has 1 aromatic rings. The van der Waals surface area contributed by atoms with Crippen molar-refractivity contribution in [3.8, 4) is 0 Å². The maximum absolute atomic E-state index is 12.5. The molecule has 0 spiro atoms. The molecule has 0 aliphatic heterocycles. The Labute approximate surface area is 94.2 Å². The molecule has 1 nitrogen and oxygen atoms in total. The standard InChI is InChI=1S/C9H9ClF3NS/c10-6-3-7(15-5-6)4-14-8(1-2-8)9(11,12)13/h3,5,14H,1-2,4H2. The highest BCUT2D eigenvalue weighted by Crippen LogP contribution is 2.49. The fourth-order valence-electron chi connectivity index (χ4n) is 1.39. The van der Waals surface area contributed by atoms with Crippen molar-refractivity contribution in [2.75, 3.05) is 0 Å². The van der Waals surface area contributed by atoms with Crippen LogP contribution in [-0.4, -0.2) is 11.7 Å². The first-order valence-corrected chi connectivity index (χ1v) is 5.73. The molecule has 1 heterocycles. The first-order chi connectivity index (χ1) is 6.93. The number of hydrogen-bond donors (Lipinski definition) is 1. The molecule has 0 aromatic carbocycles. The molecule has 1 aromatic heterocycles. The van der Waals surface area contributed by atoms with E-state index < -0.39 is 11.7 Å². The zero-order valence-electron chi connectivity index (χ0n) is 7.70. The second-order valence-corrected chi connectivity index (χ2v) is 5.10. The van der Waals surface area contributed by atoms with E-state index in [9.17, 15) is 13.2 Å². The summed E-state index contributed by atoms with van der Waals surface area (Å²) in [6.07, 6.45) is -3.79. The van der Waals surface area contributed by atoms with E-state index in [4.69, 9.17) is 11.6 Å².